The van der Waals surface area contributed by atoms with E-state index in [0.29, 0.717) is 26.3 Å². The quantitative estimate of drug-likeness (QED) is 0.226. The Labute approximate surface area is 476 Å². The van der Waals surface area contributed by atoms with Gasteiger partial charge in [0.2, 0.25) is 0 Å². The Morgan fingerprint density at radius 2 is 0.512 bits per heavy atom. The maximum atomic E-state index is 11.0. The van der Waals surface area contributed by atoms with Crippen molar-refractivity contribution in [2.75, 3.05) is 26.3 Å². The maximum Gasteiger partial charge on any atom is 0.490 e. The predicted molar refractivity (Wildman–Crippen MR) is 303 cm³/mol. The van der Waals surface area contributed by atoms with Crippen LogP contribution in [0.1, 0.15) is 0 Å². The van der Waals surface area contributed by atoms with E-state index in [4.69, 9.17) is 33.2 Å². The van der Waals surface area contributed by atoms with Crippen LogP contribution in [0.3, 0.4) is 0 Å². The van der Waals surface area contributed by atoms with Crippen LogP contribution in [0.2, 0.25) is 0 Å². The SMILES string of the molecule is C#CC#CC#CC#CC#CC#CC#CC#CC#CC#CC#CC#CC#CC#CC#CC#CC#CC#CC#CC#CC#CC#CC#CC#CC#CC#CC#CC#CC#CC#CC#C.NCCOCCN1C(=O)C=CC1=O.O=C(O)C(F)(F)F. The van der Waals surface area contributed by atoms with Crippen LogP contribution in [-0.2, 0) is 19.1 Å². The van der Waals surface area contributed by atoms with E-state index < -0.39 is 12.1 Å². The van der Waals surface area contributed by atoms with E-state index in [1.54, 1.807) is 0 Å². The fraction of sp³-hybridized carbons (Fsp3) is 0.0694. The minimum atomic E-state index is -5.08. The molecule has 1 aliphatic heterocycles. The lowest BCUT2D eigenvalue weighted by Gasteiger charge is -2.12. The van der Waals surface area contributed by atoms with Crippen molar-refractivity contribution in [2.24, 2.45) is 5.73 Å². The largest absolute Gasteiger partial charge is 0.490 e. The first-order valence-electron chi connectivity index (χ1n) is 20.6. The predicted octanol–water partition coefficient (Wildman–Crippen LogP) is -0.129. The number of hydrogen-bond acceptors (Lipinski definition) is 5. The van der Waals surface area contributed by atoms with Gasteiger partial charge in [-0.2, -0.15) is 13.2 Å². The van der Waals surface area contributed by atoms with E-state index in [9.17, 15) is 22.8 Å². The van der Waals surface area contributed by atoms with Gasteiger partial charge in [0.15, 0.2) is 0 Å². The molecule has 0 aromatic heterocycles. The molecule has 0 saturated heterocycles. The zero-order chi connectivity index (χ0) is 60.2. The lowest BCUT2D eigenvalue weighted by Crippen LogP contribution is -2.33. The van der Waals surface area contributed by atoms with Crippen LogP contribution < -0.4 is 5.73 Å². The number of rotatable bonds is 5. The second-order valence-corrected chi connectivity index (χ2v) is 10.9. The Bertz CT molecular complexity index is 4440. The Morgan fingerprint density at radius 3 is 0.634 bits per heavy atom. The van der Waals surface area contributed by atoms with Crippen molar-refractivity contribution in [3.63, 3.8) is 0 Å². The molecule has 0 radical (unpaired) electrons. The molecule has 0 spiro atoms. The van der Waals surface area contributed by atoms with Crippen LogP contribution in [0.5, 0.6) is 0 Å². The number of aliphatic carboxylic acids is 1. The van der Waals surface area contributed by atoms with Gasteiger partial charge in [0, 0.05) is 279 Å². The average molecular weight is 1040 g/mol. The Morgan fingerprint density at radius 1 is 0.366 bits per heavy atom. The summed E-state index contributed by atoms with van der Waals surface area (Å²) in [5.74, 6) is 145. The number of halogens is 3. The van der Waals surface area contributed by atoms with Crippen LogP contribution in [0.4, 0.5) is 13.2 Å². The fourth-order valence-electron chi connectivity index (χ4n) is 2.81. The van der Waals surface area contributed by atoms with E-state index in [1.165, 1.54) is 12.2 Å². The summed E-state index contributed by atoms with van der Waals surface area (Å²) in [5.41, 5.74) is 5.19. The highest BCUT2D eigenvalue weighted by molar-refractivity contribution is 6.12. The zero-order valence-electron chi connectivity index (χ0n) is 41.4. The van der Waals surface area contributed by atoms with Crippen molar-refractivity contribution >= 4 is 17.8 Å². The Balaban J connectivity index is 0. The number of amides is 2. The number of nitrogens with two attached hydrogens (primary N) is 1. The summed E-state index contributed by atoms with van der Waals surface area (Å²) in [4.78, 5) is 32.0. The third-order valence-corrected chi connectivity index (χ3v) is 5.57. The van der Waals surface area contributed by atoms with E-state index in [-0.39, 0.29) is 11.8 Å². The third kappa shape index (κ3) is 55.3. The molecule has 0 bridgehead atoms. The number of carbonyl (C=O) groups excluding carboxylic acids is 2. The number of imide groups is 1. The Kier molecular flexibility index (Phi) is 47.1. The van der Waals surface area contributed by atoms with E-state index in [2.05, 4.69) is 355 Å². The van der Waals surface area contributed by atoms with Crippen LogP contribution in [0.15, 0.2) is 12.2 Å². The summed E-state index contributed by atoms with van der Waals surface area (Å²) in [6.45, 7) is 1.53. The van der Waals surface area contributed by atoms with Gasteiger partial charge >= 0.3 is 12.1 Å². The summed E-state index contributed by atoms with van der Waals surface area (Å²) in [6, 6.07) is 0. The molecule has 7 nitrogen and oxygen atoms in total. The molecule has 1 rings (SSSR count). The normalized spacial score (nSPS) is 6.44. The van der Waals surface area contributed by atoms with Crippen LogP contribution >= 0.6 is 0 Å². The molecule has 1 aliphatic rings. The van der Waals surface area contributed by atoms with Crippen molar-refractivity contribution in [1.82, 2.24) is 4.90 Å². The molecule has 0 aliphatic carbocycles. The van der Waals surface area contributed by atoms with Gasteiger partial charge in [-0.25, -0.2) is 4.79 Å². The van der Waals surface area contributed by atoms with E-state index >= 15 is 0 Å². The molecule has 3 N–H and O–H groups in total. The number of carboxylic acids is 1. The van der Waals surface area contributed by atoms with Crippen LogP contribution in [0, 0.1) is 368 Å². The number of terminal acetylenes is 2. The highest BCUT2D eigenvalue weighted by Crippen LogP contribution is 2.13. The molecule has 10 heteroatoms. The first-order valence-corrected chi connectivity index (χ1v) is 20.6. The molecule has 364 valence electrons. The number of carbonyl (C=O) groups is 3. The molecule has 0 saturated carbocycles. The number of alkyl halides is 3. The molecule has 82 heavy (non-hydrogen) atoms. The van der Waals surface area contributed by atoms with Crippen molar-refractivity contribution in [3.05, 3.63) is 12.2 Å². The number of ether oxygens (including phenoxy) is 1. The van der Waals surface area contributed by atoms with Crippen molar-refractivity contribution in [3.8, 4) is 368 Å². The van der Waals surface area contributed by atoms with Gasteiger partial charge in [-0.1, -0.05) is 0 Å². The second kappa shape index (κ2) is 56.3. The van der Waals surface area contributed by atoms with Gasteiger partial charge in [-0.3, -0.25) is 14.5 Å². The molecule has 0 aromatic rings. The van der Waals surface area contributed by atoms with Gasteiger partial charge in [-0.15, -0.1) is 12.8 Å². The fourth-order valence-corrected chi connectivity index (χ4v) is 2.81. The lowest BCUT2D eigenvalue weighted by molar-refractivity contribution is -0.192. The Hall–Kier alpha value is -15.6. The van der Waals surface area contributed by atoms with Gasteiger partial charge in [0.05, 0.1) is 19.8 Å². The molecule has 0 fully saturated rings. The number of hydrogen-bond donors (Lipinski definition) is 2. The first kappa shape index (κ1) is 68.5. The standard InChI is InChI=1S/C62H2.C8H12N2O3.C2HF3O2/c1-3-5-7-9-11-13-15-17-19-21-23-25-27-29-31-33-35-37-39-41-43-45-47-49-51-53-55-57-59-61-62-60-58-56-54-52-50-48-46-44-42-40-38-36-34-32-30-28-26-24-22-20-18-16-14-12-10-8-6-4-2;9-3-5-13-6-4-10-7(11)1-2-8(10)12;3-2(4,5)1(6)7/h1-2H;1-2H,3-6,9H2;(H,6,7). The highest BCUT2D eigenvalue weighted by atomic mass is 19.4. The lowest BCUT2D eigenvalue weighted by atomic mass is 10.4. The smallest absolute Gasteiger partial charge is 0.475 e. The van der Waals surface area contributed by atoms with Crippen molar-refractivity contribution in [1.29, 1.82) is 0 Å². The van der Waals surface area contributed by atoms with Crippen molar-refractivity contribution in [2.45, 2.75) is 6.18 Å². The summed E-state index contributed by atoms with van der Waals surface area (Å²) in [5, 5.41) is 7.12. The molecule has 0 aromatic carbocycles. The van der Waals surface area contributed by atoms with Gasteiger partial charge in [0.25, 0.3) is 11.8 Å². The zero-order valence-corrected chi connectivity index (χ0v) is 41.4. The maximum absolute atomic E-state index is 11.0. The van der Waals surface area contributed by atoms with Crippen molar-refractivity contribution < 1.29 is 37.4 Å². The minimum absolute atomic E-state index is 0.277. The summed E-state index contributed by atoms with van der Waals surface area (Å²) in [6.07, 6.45) is 7.31. The average Bonchev–Trinajstić information content (AvgIpc) is 3.80. The monoisotopic (exact) mass is 1040 g/mol. The highest BCUT2D eigenvalue weighted by Gasteiger charge is 2.38. The molecular weight excluding hydrogens is 1030 g/mol. The third-order valence-electron chi connectivity index (χ3n) is 5.57. The minimum Gasteiger partial charge on any atom is -0.475 e. The molecule has 2 amide bonds. The molecule has 0 unspecified atom stereocenters. The van der Waals surface area contributed by atoms with E-state index in [0.717, 1.165) is 4.90 Å². The molecule has 0 atom stereocenters. The van der Waals surface area contributed by atoms with Gasteiger partial charge < -0.3 is 15.6 Å². The first-order chi connectivity index (χ1) is 40.1. The van der Waals surface area contributed by atoms with E-state index in [1.807, 2.05) is 0 Å². The topological polar surface area (TPSA) is 110 Å². The van der Waals surface area contributed by atoms with Gasteiger partial charge in [0.1, 0.15) is 0 Å². The summed E-state index contributed by atoms with van der Waals surface area (Å²) < 4.78 is 36.8. The summed E-state index contributed by atoms with van der Waals surface area (Å²) in [7, 11) is 0. The number of nitrogens with zero attached hydrogens (tertiary/aromatic N) is 1. The van der Waals surface area contributed by atoms with Crippen LogP contribution in [-0.4, -0.2) is 60.3 Å². The second-order valence-electron chi connectivity index (χ2n) is 10.9. The molecular formula is C72H15F3N2O5. The number of carboxylic acid groups (broad SMARTS) is 1. The van der Waals surface area contributed by atoms with Crippen LogP contribution in [0.25, 0.3) is 0 Å². The summed E-state index contributed by atoms with van der Waals surface area (Å²) >= 11 is 0. The van der Waals surface area contributed by atoms with Gasteiger partial charge in [-0.05, 0) is 94.7 Å². The molecule has 1 heterocycles.